The third-order valence-electron chi connectivity index (χ3n) is 5.01. The van der Waals surface area contributed by atoms with E-state index in [2.05, 4.69) is 29.4 Å². The van der Waals surface area contributed by atoms with E-state index in [0.717, 1.165) is 25.7 Å². The highest BCUT2D eigenvalue weighted by Gasteiger charge is 2.14. The number of unbranched alkanes of at least 4 members (excludes halogenated alkanes) is 1. The number of hydrogen-bond acceptors (Lipinski definition) is 4. The molecule has 0 unspecified atom stereocenters. The van der Waals surface area contributed by atoms with Crippen molar-refractivity contribution in [1.29, 1.82) is 0 Å². The zero-order chi connectivity index (χ0) is 21.3. The monoisotopic (exact) mass is 423 g/mol. The number of benzene rings is 2. The van der Waals surface area contributed by atoms with Gasteiger partial charge in [-0.05, 0) is 43.9 Å². The molecule has 2 aromatic carbocycles. The van der Waals surface area contributed by atoms with Crippen molar-refractivity contribution in [3.63, 3.8) is 0 Å². The molecule has 0 spiro atoms. The summed E-state index contributed by atoms with van der Waals surface area (Å²) < 4.78 is 1.71. The van der Waals surface area contributed by atoms with Gasteiger partial charge in [0.2, 0.25) is 5.91 Å². The van der Waals surface area contributed by atoms with Crippen LogP contribution in [-0.2, 0) is 17.8 Å². The number of amides is 1. The molecule has 6 heteroatoms. The fourth-order valence-electron chi connectivity index (χ4n) is 3.32. The molecule has 0 aliphatic carbocycles. The molecule has 1 amide bonds. The second-order valence-corrected chi connectivity index (χ2v) is 8.45. The number of nitrogens with zero attached hydrogens (tertiary/aromatic N) is 2. The first-order valence-corrected chi connectivity index (χ1v) is 11.5. The number of hydrogen-bond donors (Lipinski definition) is 1. The normalized spacial score (nSPS) is 12.1. The van der Waals surface area contributed by atoms with Crippen molar-refractivity contribution in [3.8, 4) is 0 Å². The number of fused-ring (bicyclic) bond motifs is 1. The maximum atomic E-state index is 12.9. The van der Waals surface area contributed by atoms with Crippen LogP contribution in [0, 0.1) is 0 Å². The molecular weight excluding hydrogens is 394 g/mol. The maximum absolute atomic E-state index is 12.9. The Bertz CT molecular complexity index is 1030. The number of aryl methyl sites for hydroxylation is 1. The molecule has 0 fully saturated rings. The molecule has 0 saturated heterocycles. The Hall–Kier alpha value is -2.60. The van der Waals surface area contributed by atoms with Gasteiger partial charge in [-0.1, -0.05) is 67.6 Å². The first-order chi connectivity index (χ1) is 14.6. The third kappa shape index (κ3) is 5.95. The molecule has 5 nitrogen and oxygen atoms in total. The van der Waals surface area contributed by atoms with E-state index in [0.29, 0.717) is 22.6 Å². The molecule has 3 rings (SSSR count). The standard InChI is InChI=1S/C24H29N3O2S/c1-3-4-16-27-23(29)20-12-8-9-13-21(20)26-24(27)30-17-22(28)25-18(2)14-15-19-10-6-5-7-11-19/h5-13,18H,3-4,14-17H2,1-2H3,(H,25,28)/t18-/m0/s1. The summed E-state index contributed by atoms with van der Waals surface area (Å²) in [6.07, 6.45) is 3.70. The van der Waals surface area contributed by atoms with Crippen molar-refractivity contribution in [3.05, 3.63) is 70.5 Å². The first kappa shape index (κ1) is 22.1. The van der Waals surface area contributed by atoms with Crippen molar-refractivity contribution >= 4 is 28.6 Å². The molecule has 1 heterocycles. The number of aromatic nitrogens is 2. The summed E-state index contributed by atoms with van der Waals surface area (Å²) in [5, 5.41) is 4.29. The lowest BCUT2D eigenvalue weighted by molar-refractivity contribution is -0.119. The Kier molecular flexibility index (Phi) is 8.08. The Morgan fingerprint density at radius 2 is 1.87 bits per heavy atom. The van der Waals surface area contributed by atoms with Gasteiger partial charge in [0.25, 0.3) is 5.56 Å². The Morgan fingerprint density at radius 3 is 2.63 bits per heavy atom. The van der Waals surface area contributed by atoms with Crippen LogP contribution >= 0.6 is 11.8 Å². The first-order valence-electron chi connectivity index (χ1n) is 10.5. The predicted octanol–water partition coefficient (Wildman–Crippen LogP) is 4.43. The average Bonchev–Trinajstić information content (AvgIpc) is 2.76. The highest BCUT2D eigenvalue weighted by Crippen LogP contribution is 2.18. The highest BCUT2D eigenvalue weighted by molar-refractivity contribution is 7.99. The van der Waals surface area contributed by atoms with Gasteiger partial charge in [0, 0.05) is 12.6 Å². The van der Waals surface area contributed by atoms with Crippen LogP contribution in [0.25, 0.3) is 10.9 Å². The number of rotatable bonds is 10. The summed E-state index contributed by atoms with van der Waals surface area (Å²) in [5.41, 5.74) is 1.91. The van der Waals surface area contributed by atoms with Crippen LogP contribution in [0.3, 0.4) is 0 Å². The van der Waals surface area contributed by atoms with E-state index in [-0.39, 0.29) is 23.3 Å². The summed E-state index contributed by atoms with van der Waals surface area (Å²) in [5.74, 6) is 0.206. The molecule has 1 atom stereocenters. The summed E-state index contributed by atoms with van der Waals surface area (Å²) in [6.45, 7) is 4.73. The summed E-state index contributed by atoms with van der Waals surface area (Å²) >= 11 is 1.33. The molecule has 0 bridgehead atoms. The fourth-order valence-corrected chi connectivity index (χ4v) is 4.15. The topological polar surface area (TPSA) is 64.0 Å². The van der Waals surface area contributed by atoms with Crippen LogP contribution in [-0.4, -0.2) is 27.3 Å². The van der Waals surface area contributed by atoms with Crippen LogP contribution in [0.4, 0.5) is 0 Å². The Labute approximate surface area is 181 Å². The summed E-state index contributed by atoms with van der Waals surface area (Å²) in [7, 11) is 0. The highest BCUT2D eigenvalue weighted by atomic mass is 32.2. The maximum Gasteiger partial charge on any atom is 0.262 e. The van der Waals surface area contributed by atoms with Gasteiger partial charge in [0.05, 0.1) is 16.7 Å². The van der Waals surface area contributed by atoms with Gasteiger partial charge >= 0.3 is 0 Å². The number of thioether (sulfide) groups is 1. The lowest BCUT2D eigenvalue weighted by Gasteiger charge is -2.15. The predicted molar refractivity (Wildman–Crippen MR) is 124 cm³/mol. The minimum atomic E-state index is -0.0370. The fraction of sp³-hybridized carbons (Fsp3) is 0.375. The molecule has 0 aliphatic heterocycles. The van der Waals surface area contributed by atoms with E-state index in [1.54, 1.807) is 4.57 Å². The van der Waals surface area contributed by atoms with Gasteiger partial charge in [0.1, 0.15) is 0 Å². The quantitative estimate of drug-likeness (QED) is 0.387. The molecule has 0 saturated carbocycles. The minimum Gasteiger partial charge on any atom is -0.353 e. The van der Waals surface area contributed by atoms with Crippen LogP contribution in [0.15, 0.2) is 64.5 Å². The van der Waals surface area contributed by atoms with Crippen LogP contribution in [0.1, 0.15) is 38.7 Å². The van der Waals surface area contributed by atoms with Gasteiger partial charge in [-0.2, -0.15) is 0 Å². The van der Waals surface area contributed by atoms with Crippen molar-refractivity contribution in [2.75, 3.05) is 5.75 Å². The number of para-hydroxylation sites is 1. The SMILES string of the molecule is CCCCn1c(SCC(=O)N[C@@H](C)CCc2ccccc2)nc2ccccc2c1=O. The lowest BCUT2D eigenvalue weighted by Crippen LogP contribution is -2.34. The van der Waals surface area contributed by atoms with Crippen molar-refractivity contribution in [2.45, 2.75) is 57.3 Å². The van der Waals surface area contributed by atoms with Gasteiger partial charge in [-0.15, -0.1) is 0 Å². The Balaban J connectivity index is 1.62. The average molecular weight is 424 g/mol. The molecule has 1 N–H and O–H groups in total. The van der Waals surface area contributed by atoms with E-state index in [1.807, 2.05) is 49.4 Å². The van der Waals surface area contributed by atoms with E-state index >= 15 is 0 Å². The smallest absolute Gasteiger partial charge is 0.262 e. The molecular formula is C24H29N3O2S. The van der Waals surface area contributed by atoms with E-state index in [4.69, 9.17) is 0 Å². The summed E-state index contributed by atoms with van der Waals surface area (Å²) in [4.78, 5) is 30.0. The molecule has 158 valence electrons. The zero-order valence-electron chi connectivity index (χ0n) is 17.6. The summed E-state index contributed by atoms with van der Waals surface area (Å²) in [6, 6.07) is 17.7. The van der Waals surface area contributed by atoms with Crippen LogP contribution in [0.2, 0.25) is 0 Å². The largest absolute Gasteiger partial charge is 0.353 e. The molecule has 30 heavy (non-hydrogen) atoms. The molecule has 3 aromatic rings. The van der Waals surface area contributed by atoms with Crippen molar-refractivity contribution in [1.82, 2.24) is 14.9 Å². The molecule has 0 aliphatic rings. The second-order valence-electron chi connectivity index (χ2n) is 7.50. The van der Waals surface area contributed by atoms with E-state index in [1.165, 1.54) is 17.3 Å². The number of carbonyl (C=O) groups excluding carboxylic acids is 1. The van der Waals surface area contributed by atoms with Gasteiger partial charge in [0.15, 0.2) is 5.16 Å². The second kappa shape index (κ2) is 11.0. The lowest BCUT2D eigenvalue weighted by atomic mass is 10.1. The number of carbonyl (C=O) groups is 1. The zero-order valence-corrected chi connectivity index (χ0v) is 18.5. The van der Waals surface area contributed by atoms with E-state index < -0.39 is 0 Å². The third-order valence-corrected chi connectivity index (χ3v) is 5.99. The number of nitrogens with one attached hydrogen (secondary N) is 1. The van der Waals surface area contributed by atoms with E-state index in [9.17, 15) is 9.59 Å². The van der Waals surface area contributed by atoms with Gasteiger partial charge in [-0.3, -0.25) is 14.2 Å². The minimum absolute atomic E-state index is 0.0341. The van der Waals surface area contributed by atoms with Gasteiger partial charge < -0.3 is 5.32 Å². The molecule has 1 aromatic heterocycles. The van der Waals surface area contributed by atoms with Crippen LogP contribution < -0.4 is 10.9 Å². The Morgan fingerprint density at radius 1 is 1.13 bits per heavy atom. The molecule has 0 radical (unpaired) electrons. The van der Waals surface area contributed by atoms with Crippen LogP contribution in [0.5, 0.6) is 0 Å². The van der Waals surface area contributed by atoms with Gasteiger partial charge in [-0.25, -0.2) is 4.98 Å². The van der Waals surface area contributed by atoms with Crippen molar-refractivity contribution < 1.29 is 4.79 Å². The van der Waals surface area contributed by atoms with Crippen molar-refractivity contribution in [2.24, 2.45) is 0 Å².